The summed E-state index contributed by atoms with van der Waals surface area (Å²) in [7, 11) is 0. The van der Waals surface area contributed by atoms with Crippen molar-refractivity contribution in [3.05, 3.63) is 23.9 Å². The normalized spacial score (nSPS) is 20.2. The Hall–Kier alpha value is -1.09. The molecule has 3 heteroatoms. The van der Waals surface area contributed by atoms with Crippen LogP contribution in [0.5, 0.6) is 0 Å². The van der Waals surface area contributed by atoms with Crippen LogP contribution in [0.1, 0.15) is 51.1 Å². The van der Waals surface area contributed by atoms with Crippen molar-refractivity contribution < 1.29 is 0 Å². The van der Waals surface area contributed by atoms with E-state index in [1.165, 1.54) is 37.8 Å². The highest BCUT2D eigenvalue weighted by Gasteiger charge is 2.24. The van der Waals surface area contributed by atoms with Gasteiger partial charge in [0.15, 0.2) is 0 Å². The predicted octanol–water partition coefficient (Wildman–Crippen LogP) is 3.45. The molecule has 1 aromatic rings. The Morgan fingerprint density at radius 3 is 2.94 bits per heavy atom. The molecule has 1 aliphatic rings. The summed E-state index contributed by atoms with van der Waals surface area (Å²) in [6, 6.07) is 4.95. The fraction of sp³-hybridized carbons (Fsp3) is 0.667. The van der Waals surface area contributed by atoms with Gasteiger partial charge in [0.1, 0.15) is 5.82 Å². The summed E-state index contributed by atoms with van der Waals surface area (Å²) in [6.45, 7) is 7.84. The highest BCUT2D eigenvalue weighted by atomic mass is 15.2. The molecule has 0 saturated carbocycles. The molecule has 0 spiro atoms. The van der Waals surface area contributed by atoms with Crippen LogP contribution in [0, 0.1) is 0 Å². The van der Waals surface area contributed by atoms with Crippen molar-refractivity contribution in [3.8, 4) is 0 Å². The maximum atomic E-state index is 4.53. The lowest BCUT2D eigenvalue weighted by molar-refractivity contribution is 0.271. The summed E-state index contributed by atoms with van der Waals surface area (Å²) >= 11 is 0. The molecule has 100 valence electrons. The molecule has 0 bridgehead atoms. The molecule has 1 saturated heterocycles. The maximum Gasteiger partial charge on any atom is 0.125 e. The summed E-state index contributed by atoms with van der Waals surface area (Å²) in [6.07, 6.45) is 7.06. The molecule has 1 atom stereocenters. The number of anilines is 1. The smallest absolute Gasteiger partial charge is 0.125 e. The Labute approximate surface area is 111 Å². The van der Waals surface area contributed by atoms with Crippen molar-refractivity contribution in [3.63, 3.8) is 0 Å². The van der Waals surface area contributed by atoms with Gasteiger partial charge in [-0.1, -0.05) is 26.3 Å². The van der Waals surface area contributed by atoms with Crippen molar-refractivity contribution in [2.45, 2.75) is 45.6 Å². The van der Waals surface area contributed by atoms with Gasteiger partial charge in [-0.05, 0) is 44.0 Å². The van der Waals surface area contributed by atoms with Gasteiger partial charge in [-0.3, -0.25) is 4.90 Å². The van der Waals surface area contributed by atoms with Crippen LogP contribution in [0.4, 0.5) is 5.82 Å². The van der Waals surface area contributed by atoms with Gasteiger partial charge in [-0.15, -0.1) is 0 Å². The molecule has 1 N–H and O–H groups in total. The number of pyridine rings is 1. The Bertz CT molecular complexity index is 347. The molecule has 0 radical (unpaired) electrons. The Morgan fingerprint density at radius 2 is 2.28 bits per heavy atom. The Balaban J connectivity index is 1.94. The van der Waals surface area contributed by atoms with E-state index in [0.717, 1.165) is 18.9 Å². The minimum atomic E-state index is 0.590. The molecule has 0 aliphatic carbocycles. The van der Waals surface area contributed by atoms with Crippen molar-refractivity contribution in [2.24, 2.45) is 0 Å². The zero-order chi connectivity index (χ0) is 12.8. The molecular weight excluding hydrogens is 222 g/mol. The second-order valence-corrected chi connectivity index (χ2v) is 5.04. The molecule has 18 heavy (non-hydrogen) atoms. The Kier molecular flexibility index (Phi) is 5.00. The molecular formula is C15H25N3. The number of likely N-dealkylation sites (tertiary alicyclic amines) is 1. The maximum absolute atomic E-state index is 4.53. The van der Waals surface area contributed by atoms with Gasteiger partial charge in [0.2, 0.25) is 0 Å². The van der Waals surface area contributed by atoms with E-state index in [-0.39, 0.29) is 0 Å². The first-order chi connectivity index (χ1) is 8.85. The van der Waals surface area contributed by atoms with Gasteiger partial charge in [0.05, 0.1) is 0 Å². The predicted molar refractivity (Wildman–Crippen MR) is 76.9 cm³/mol. The number of aromatic nitrogens is 1. The van der Waals surface area contributed by atoms with Crippen LogP contribution in [0.3, 0.4) is 0 Å². The van der Waals surface area contributed by atoms with Crippen LogP contribution >= 0.6 is 0 Å². The summed E-state index contributed by atoms with van der Waals surface area (Å²) in [5, 5.41) is 3.36. The van der Waals surface area contributed by atoms with E-state index in [9.17, 15) is 0 Å². The number of hydrogen-bond acceptors (Lipinski definition) is 3. The lowest BCUT2D eigenvalue weighted by atomic mass is 10.1. The van der Waals surface area contributed by atoms with Gasteiger partial charge in [-0.2, -0.15) is 0 Å². The molecule has 1 aliphatic heterocycles. The van der Waals surface area contributed by atoms with E-state index in [1.807, 2.05) is 6.20 Å². The number of hydrogen-bond donors (Lipinski definition) is 1. The minimum Gasteiger partial charge on any atom is -0.370 e. The van der Waals surface area contributed by atoms with E-state index in [0.29, 0.717) is 6.04 Å². The zero-order valence-electron chi connectivity index (χ0n) is 11.7. The quantitative estimate of drug-likeness (QED) is 0.780. The Morgan fingerprint density at radius 1 is 1.39 bits per heavy atom. The highest BCUT2D eigenvalue weighted by Crippen LogP contribution is 2.31. The van der Waals surface area contributed by atoms with Crippen molar-refractivity contribution in [1.29, 1.82) is 0 Å². The number of nitrogens with zero attached hydrogens (tertiary/aromatic N) is 2. The molecule has 1 unspecified atom stereocenters. The second-order valence-electron chi connectivity index (χ2n) is 5.04. The van der Waals surface area contributed by atoms with Crippen LogP contribution in [0.2, 0.25) is 0 Å². The lowest BCUT2D eigenvalue weighted by Crippen LogP contribution is -2.22. The third kappa shape index (κ3) is 3.22. The fourth-order valence-corrected chi connectivity index (χ4v) is 2.68. The fourth-order valence-electron chi connectivity index (χ4n) is 2.68. The third-order valence-corrected chi connectivity index (χ3v) is 3.78. The average molecular weight is 247 g/mol. The van der Waals surface area contributed by atoms with Crippen molar-refractivity contribution in [2.75, 3.05) is 25.0 Å². The SMILES string of the molecule is CCCCNc1ccc(C2CCCN2CC)cn1. The number of rotatable bonds is 6. The molecule has 0 amide bonds. The number of nitrogens with one attached hydrogen (secondary N) is 1. The van der Waals surface area contributed by atoms with Crippen LogP contribution in [-0.2, 0) is 0 Å². The van der Waals surface area contributed by atoms with Gasteiger partial charge >= 0.3 is 0 Å². The second kappa shape index (κ2) is 6.74. The first kappa shape index (κ1) is 13.3. The van der Waals surface area contributed by atoms with Gasteiger partial charge in [-0.25, -0.2) is 4.98 Å². The summed E-state index contributed by atoms with van der Waals surface area (Å²) < 4.78 is 0. The topological polar surface area (TPSA) is 28.2 Å². The van der Waals surface area contributed by atoms with Gasteiger partial charge < -0.3 is 5.32 Å². The molecule has 1 aromatic heterocycles. The molecule has 1 fully saturated rings. The van der Waals surface area contributed by atoms with E-state index in [4.69, 9.17) is 0 Å². The number of unbranched alkanes of at least 4 members (excludes halogenated alkanes) is 1. The van der Waals surface area contributed by atoms with Crippen molar-refractivity contribution >= 4 is 5.82 Å². The lowest BCUT2D eigenvalue weighted by Gasteiger charge is -2.22. The molecule has 2 heterocycles. The first-order valence-corrected chi connectivity index (χ1v) is 7.29. The molecule has 0 aromatic carbocycles. The van der Waals surface area contributed by atoms with Gasteiger partial charge in [0.25, 0.3) is 0 Å². The van der Waals surface area contributed by atoms with Crippen LogP contribution in [0.25, 0.3) is 0 Å². The van der Waals surface area contributed by atoms with Crippen LogP contribution in [-0.4, -0.2) is 29.5 Å². The van der Waals surface area contributed by atoms with Crippen LogP contribution in [0.15, 0.2) is 18.3 Å². The highest BCUT2D eigenvalue weighted by molar-refractivity contribution is 5.36. The summed E-state index contributed by atoms with van der Waals surface area (Å²) in [4.78, 5) is 7.07. The first-order valence-electron chi connectivity index (χ1n) is 7.29. The monoisotopic (exact) mass is 247 g/mol. The standard InChI is InChI=1S/C15H25N3/c1-3-5-10-16-15-9-8-13(12-17-15)14-7-6-11-18(14)4-2/h8-9,12,14H,3-7,10-11H2,1-2H3,(H,16,17). The van der Waals surface area contributed by atoms with E-state index >= 15 is 0 Å². The molecule has 3 nitrogen and oxygen atoms in total. The minimum absolute atomic E-state index is 0.590. The van der Waals surface area contributed by atoms with Gasteiger partial charge in [0, 0.05) is 18.8 Å². The third-order valence-electron chi connectivity index (χ3n) is 3.78. The van der Waals surface area contributed by atoms with Crippen molar-refractivity contribution in [1.82, 2.24) is 9.88 Å². The zero-order valence-corrected chi connectivity index (χ0v) is 11.7. The summed E-state index contributed by atoms with van der Waals surface area (Å²) in [5.41, 5.74) is 1.37. The van der Waals surface area contributed by atoms with E-state index in [2.05, 4.69) is 41.2 Å². The average Bonchev–Trinajstić information content (AvgIpc) is 2.88. The van der Waals surface area contributed by atoms with E-state index < -0.39 is 0 Å². The molecule has 2 rings (SSSR count). The summed E-state index contributed by atoms with van der Waals surface area (Å²) in [5.74, 6) is 1.01. The van der Waals surface area contributed by atoms with E-state index in [1.54, 1.807) is 0 Å². The van der Waals surface area contributed by atoms with Crippen LogP contribution < -0.4 is 5.32 Å². The largest absolute Gasteiger partial charge is 0.370 e.